The first kappa shape index (κ1) is 17.7. The molecule has 0 aliphatic rings. The van der Waals surface area contributed by atoms with Crippen LogP contribution >= 0.6 is 0 Å². The number of hydrogen-bond donors (Lipinski definition) is 0. The lowest BCUT2D eigenvalue weighted by Crippen LogP contribution is -2.07. The van der Waals surface area contributed by atoms with Crippen LogP contribution in [0.3, 0.4) is 0 Å². The number of pyridine rings is 3. The van der Waals surface area contributed by atoms with Gasteiger partial charge in [-0.2, -0.15) is 13.2 Å². The van der Waals surface area contributed by atoms with E-state index >= 15 is 0 Å². The van der Waals surface area contributed by atoms with Gasteiger partial charge in [-0.15, -0.1) is 0 Å². The van der Waals surface area contributed by atoms with Crippen molar-refractivity contribution in [3.05, 3.63) is 60.2 Å². The van der Waals surface area contributed by atoms with Gasteiger partial charge >= 0.3 is 6.18 Å². The van der Waals surface area contributed by atoms with Crippen molar-refractivity contribution in [2.75, 3.05) is 7.11 Å². The number of methoxy groups -OCH3 is 1. The van der Waals surface area contributed by atoms with E-state index < -0.39 is 11.9 Å². The first-order valence-electron chi connectivity index (χ1n) is 7.56. The minimum Gasteiger partial charge on any atom is -0.481 e. The molecule has 3 rings (SSSR count). The Morgan fingerprint density at radius 1 is 0.923 bits per heavy atom. The van der Waals surface area contributed by atoms with Crippen molar-refractivity contribution in [2.24, 2.45) is 0 Å². The molecule has 3 heterocycles. The van der Waals surface area contributed by atoms with E-state index in [1.165, 1.54) is 19.4 Å². The number of halogens is 3. The fourth-order valence-corrected chi connectivity index (χ4v) is 2.29. The Bertz CT molecular complexity index is 912. The van der Waals surface area contributed by atoms with Gasteiger partial charge in [-0.25, -0.2) is 15.0 Å². The van der Waals surface area contributed by atoms with Crippen molar-refractivity contribution in [1.29, 1.82) is 0 Å². The Morgan fingerprint density at radius 3 is 2.35 bits per heavy atom. The molecule has 3 aromatic heterocycles. The second kappa shape index (κ2) is 6.99. The van der Waals surface area contributed by atoms with E-state index in [1.807, 2.05) is 19.1 Å². The predicted molar refractivity (Wildman–Crippen MR) is 88.1 cm³/mol. The quantitative estimate of drug-likeness (QED) is 0.676. The van der Waals surface area contributed by atoms with Crippen molar-refractivity contribution in [3.8, 4) is 28.6 Å². The number of rotatable bonds is 4. The third-order valence-corrected chi connectivity index (χ3v) is 3.50. The third-order valence-electron chi connectivity index (χ3n) is 3.50. The molecular formula is C18H14F3N3O2. The van der Waals surface area contributed by atoms with Crippen LogP contribution in [-0.4, -0.2) is 22.1 Å². The fourth-order valence-electron chi connectivity index (χ4n) is 2.29. The number of aryl methyl sites for hydroxylation is 1. The normalized spacial score (nSPS) is 11.3. The summed E-state index contributed by atoms with van der Waals surface area (Å²) in [6.45, 7) is 1.83. The molecule has 0 atom stereocenters. The van der Waals surface area contributed by atoms with Gasteiger partial charge in [-0.1, -0.05) is 0 Å². The summed E-state index contributed by atoms with van der Waals surface area (Å²) in [7, 11) is 1.50. The molecule has 0 spiro atoms. The van der Waals surface area contributed by atoms with Crippen LogP contribution in [0.4, 0.5) is 13.2 Å². The lowest BCUT2D eigenvalue weighted by atomic mass is 10.1. The molecule has 3 aromatic rings. The summed E-state index contributed by atoms with van der Waals surface area (Å²) in [5.74, 6) is 0.739. The highest BCUT2D eigenvalue weighted by Crippen LogP contribution is 2.36. The van der Waals surface area contributed by atoms with Crippen LogP contribution in [0.5, 0.6) is 17.5 Å². The van der Waals surface area contributed by atoms with Gasteiger partial charge in [0.15, 0.2) is 0 Å². The number of aromatic nitrogens is 3. The molecule has 0 aliphatic carbocycles. The van der Waals surface area contributed by atoms with E-state index in [0.717, 1.165) is 18.0 Å². The van der Waals surface area contributed by atoms with E-state index in [0.29, 0.717) is 17.0 Å². The summed E-state index contributed by atoms with van der Waals surface area (Å²) >= 11 is 0. The fraction of sp³-hybridized carbons (Fsp3) is 0.167. The highest BCUT2D eigenvalue weighted by molar-refractivity contribution is 5.73. The van der Waals surface area contributed by atoms with Crippen LogP contribution in [0.25, 0.3) is 11.1 Å². The number of ether oxygens (including phenoxy) is 2. The smallest absolute Gasteiger partial charge is 0.433 e. The van der Waals surface area contributed by atoms with Gasteiger partial charge in [0, 0.05) is 23.0 Å². The summed E-state index contributed by atoms with van der Waals surface area (Å²) in [6, 6.07) is 9.15. The van der Waals surface area contributed by atoms with Crippen molar-refractivity contribution in [1.82, 2.24) is 15.0 Å². The van der Waals surface area contributed by atoms with E-state index in [4.69, 9.17) is 9.47 Å². The first-order valence-corrected chi connectivity index (χ1v) is 7.56. The molecule has 0 fully saturated rings. The lowest BCUT2D eigenvalue weighted by molar-refractivity contribution is -0.141. The van der Waals surface area contributed by atoms with Gasteiger partial charge in [-0.05, 0) is 43.3 Å². The molecule has 0 radical (unpaired) electrons. The Morgan fingerprint density at radius 2 is 1.69 bits per heavy atom. The summed E-state index contributed by atoms with van der Waals surface area (Å²) < 4.78 is 48.8. The minimum atomic E-state index is -4.50. The molecule has 0 aromatic carbocycles. The van der Waals surface area contributed by atoms with E-state index in [-0.39, 0.29) is 11.6 Å². The Labute approximate surface area is 147 Å². The van der Waals surface area contributed by atoms with Crippen LogP contribution in [0.1, 0.15) is 11.4 Å². The van der Waals surface area contributed by atoms with Gasteiger partial charge in [-0.3, -0.25) is 0 Å². The summed E-state index contributed by atoms with van der Waals surface area (Å²) in [5, 5.41) is 0. The average molecular weight is 361 g/mol. The van der Waals surface area contributed by atoms with Crippen LogP contribution < -0.4 is 9.47 Å². The largest absolute Gasteiger partial charge is 0.481 e. The molecule has 5 nitrogen and oxygen atoms in total. The van der Waals surface area contributed by atoms with Crippen molar-refractivity contribution >= 4 is 0 Å². The maximum atomic E-state index is 12.6. The molecule has 0 saturated heterocycles. The maximum Gasteiger partial charge on any atom is 0.433 e. The zero-order valence-corrected chi connectivity index (χ0v) is 13.9. The second-order valence-electron chi connectivity index (χ2n) is 5.34. The minimum absolute atomic E-state index is 0.136. The van der Waals surface area contributed by atoms with Gasteiger partial charge in [0.25, 0.3) is 0 Å². The molecule has 134 valence electrons. The lowest BCUT2D eigenvalue weighted by Gasteiger charge is -2.13. The van der Waals surface area contributed by atoms with Gasteiger partial charge < -0.3 is 9.47 Å². The highest BCUT2D eigenvalue weighted by atomic mass is 19.4. The molecule has 0 N–H and O–H groups in total. The zero-order valence-electron chi connectivity index (χ0n) is 13.9. The zero-order chi connectivity index (χ0) is 18.7. The van der Waals surface area contributed by atoms with Crippen LogP contribution in [0.2, 0.25) is 0 Å². The standard InChI is InChI=1S/C18H14F3N3O2/c1-11-5-7-14(17(24-11)25-2)13-4-3-9-22-16(13)26-12-6-8-15(23-10-12)18(19,20)21/h3-10H,1-2H3. The molecular weight excluding hydrogens is 347 g/mol. The number of alkyl halides is 3. The average Bonchev–Trinajstić information content (AvgIpc) is 2.62. The maximum absolute atomic E-state index is 12.6. The molecule has 0 aliphatic heterocycles. The number of hydrogen-bond acceptors (Lipinski definition) is 5. The van der Waals surface area contributed by atoms with Crippen LogP contribution in [-0.2, 0) is 6.18 Å². The molecule has 26 heavy (non-hydrogen) atoms. The van der Waals surface area contributed by atoms with Crippen molar-refractivity contribution in [2.45, 2.75) is 13.1 Å². The summed E-state index contributed by atoms with van der Waals surface area (Å²) in [6.07, 6.45) is -1.98. The highest BCUT2D eigenvalue weighted by Gasteiger charge is 2.32. The van der Waals surface area contributed by atoms with Gasteiger partial charge in [0.1, 0.15) is 11.4 Å². The van der Waals surface area contributed by atoms with Gasteiger partial charge in [0.05, 0.1) is 13.3 Å². The Balaban J connectivity index is 1.96. The molecule has 0 bridgehead atoms. The Kier molecular flexibility index (Phi) is 4.75. The van der Waals surface area contributed by atoms with Crippen molar-refractivity contribution < 1.29 is 22.6 Å². The van der Waals surface area contributed by atoms with Crippen molar-refractivity contribution in [3.63, 3.8) is 0 Å². The SMILES string of the molecule is COc1nc(C)ccc1-c1cccnc1Oc1ccc(C(F)(F)F)nc1. The van der Waals surface area contributed by atoms with Crippen LogP contribution in [0.15, 0.2) is 48.8 Å². The predicted octanol–water partition coefficient (Wildman–Crippen LogP) is 4.67. The van der Waals surface area contributed by atoms with E-state index in [2.05, 4.69) is 15.0 Å². The Hall–Kier alpha value is -3.16. The topological polar surface area (TPSA) is 57.1 Å². The third kappa shape index (κ3) is 3.74. The monoisotopic (exact) mass is 361 g/mol. The van der Waals surface area contributed by atoms with Gasteiger partial charge in [0.2, 0.25) is 11.8 Å². The summed E-state index contributed by atoms with van der Waals surface area (Å²) in [5.41, 5.74) is 1.04. The number of nitrogens with zero attached hydrogens (tertiary/aromatic N) is 3. The van der Waals surface area contributed by atoms with Crippen LogP contribution in [0, 0.1) is 6.92 Å². The first-order chi connectivity index (χ1) is 12.4. The summed E-state index contributed by atoms with van der Waals surface area (Å²) in [4.78, 5) is 11.9. The van der Waals surface area contributed by atoms with E-state index in [9.17, 15) is 13.2 Å². The second-order valence-corrected chi connectivity index (χ2v) is 5.34. The molecule has 0 amide bonds. The van der Waals surface area contributed by atoms with E-state index in [1.54, 1.807) is 12.1 Å². The molecule has 8 heteroatoms. The molecule has 0 unspecified atom stereocenters. The molecule has 0 saturated carbocycles.